The molecule has 254 valence electrons. The van der Waals surface area contributed by atoms with Crippen molar-refractivity contribution in [3.8, 4) is 5.75 Å². The molecule has 2 aliphatic rings. The molecule has 2 aromatic rings. The standard InChI is InChI=1S/C34H40F3N3O6S/c1-4-6-18-46-29-22-27(21-28(23-29)34(35,36)37)31-38-32(42)33(39-31)12-14-40(15-13-33)47(43,44)19-11-25-9-10-26(20-24(25)3)30(41)8-7-17-45-16-5-2/h4-5,9-10,20-23H,1-2,6-8,11-19H2,3H3,(H,38,39,42). The van der Waals surface area contributed by atoms with E-state index in [-0.39, 0.29) is 67.6 Å². The predicted molar refractivity (Wildman–Crippen MR) is 173 cm³/mol. The number of aryl methyl sites for hydroxylation is 2. The van der Waals surface area contributed by atoms with E-state index >= 15 is 0 Å². The van der Waals surface area contributed by atoms with Crippen molar-refractivity contribution in [1.82, 2.24) is 9.62 Å². The SMILES string of the molecule is C=CCCOc1cc(C2=NC3(CCN(S(=O)(=O)CCc4ccc(C(=O)CCCOCC=C)cc4C)CC3)C(=O)N2)cc(C(F)(F)F)c1. The fourth-order valence-electron chi connectivity index (χ4n) is 5.53. The van der Waals surface area contributed by atoms with Crippen LogP contribution in [0.15, 0.2) is 66.7 Å². The number of amidine groups is 1. The third kappa shape index (κ3) is 9.17. The average Bonchev–Trinajstić information content (AvgIpc) is 3.34. The van der Waals surface area contributed by atoms with Gasteiger partial charge in [0.2, 0.25) is 10.0 Å². The normalized spacial score (nSPS) is 16.5. The summed E-state index contributed by atoms with van der Waals surface area (Å²) in [6.45, 7) is 10.1. The summed E-state index contributed by atoms with van der Waals surface area (Å²) in [5.74, 6) is -0.676. The molecule has 0 aromatic heterocycles. The number of carbonyl (C=O) groups excluding carboxylic acids is 2. The molecule has 1 amide bonds. The van der Waals surface area contributed by atoms with Gasteiger partial charge in [-0.3, -0.25) is 14.6 Å². The number of nitrogens with zero attached hydrogens (tertiary/aromatic N) is 2. The summed E-state index contributed by atoms with van der Waals surface area (Å²) in [5.41, 5.74) is 0.0239. The number of ether oxygens (including phenoxy) is 2. The number of alkyl halides is 3. The summed E-state index contributed by atoms with van der Waals surface area (Å²) < 4.78 is 79.6. The average molecular weight is 676 g/mol. The number of ketones is 1. The van der Waals surface area contributed by atoms with Crippen LogP contribution in [0.2, 0.25) is 0 Å². The number of hydrogen-bond donors (Lipinski definition) is 1. The van der Waals surface area contributed by atoms with Gasteiger partial charge in [0.25, 0.3) is 5.91 Å². The van der Waals surface area contributed by atoms with Crippen LogP contribution in [0.1, 0.15) is 64.7 Å². The minimum atomic E-state index is -4.65. The summed E-state index contributed by atoms with van der Waals surface area (Å²) >= 11 is 0. The van der Waals surface area contributed by atoms with Gasteiger partial charge < -0.3 is 14.8 Å². The summed E-state index contributed by atoms with van der Waals surface area (Å²) in [5, 5.41) is 2.61. The lowest BCUT2D eigenvalue weighted by Crippen LogP contribution is -2.50. The maximum absolute atomic E-state index is 13.6. The van der Waals surface area contributed by atoms with Crippen molar-refractivity contribution < 1.29 is 40.7 Å². The molecule has 4 rings (SSSR count). The molecule has 0 saturated carbocycles. The van der Waals surface area contributed by atoms with Gasteiger partial charge in [-0.2, -0.15) is 13.2 Å². The van der Waals surface area contributed by atoms with Gasteiger partial charge >= 0.3 is 6.18 Å². The molecule has 1 spiro atoms. The Balaban J connectivity index is 1.38. The van der Waals surface area contributed by atoms with E-state index in [9.17, 15) is 31.2 Å². The van der Waals surface area contributed by atoms with Gasteiger partial charge in [0.15, 0.2) is 5.78 Å². The maximum atomic E-state index is 13.6. The molecule has 0 bridgehead atoms. The highest BCUT2D eigenvalue weighted by Gasteiger charge is 2.47. The van der Waals surface area contributed by atoms with Crippen LogP contribution in [-0.4, -0.2) is 74.5 Å². The van der Waals surface area contributed by atoms with Gasteiger partial charge in [0.1, 0.15) is 17.1 Å². The molecular weight excluding hydrogens is 635 g/mol. The van der Waals surface area contributed by atoms with Gasteiger partial charge in [-0.1, -0.05) is 24.3 Å². The highest BCUT2D eigenvalue weighted by molar-refractivity contribution is 7.89. The van der Waals surface area contributed by atoms with Crippen molar-refractivity contribution in [1.29, 1.82) is 0 Å². The number of rotatable bonds is 16. The highest BCUT2D eigenvalue weighted by atomic mass is 32.2. The fourth-order valence-corrected chi connectivity index (χ4v) is 7.01. The number of hydrogen-bond acceptors (Lipinski definition) is 7. The number of aliphatic imine (C=N–C) groups is 1. The Labute approximate surface area is 273 Å². The number of Topliss-reactive ketones (excluding diaryl/α,β-unsaturated/α-hetero) is 1. The monoisotopic (exact) mass is 675 g/mol. The molecular formula is C34H40F3N3O6S. The van der Waals surface area contributed by atoms with Crippen LogP contribution in [0.25, 0.3) is 0 Å². The van der Waals surface area contributed by atoms with E-state index in [1.165, 1.54) is 10.4 Å². The molecule has 2 aliphatic heterocycles. The first-order valence-corrected chi connectivity index (χ1v) is 17.1. The van der Waals surface area contributed by atoms with E-state index < -0.39 is 33.2 Å². The molecule has 1 fully saturated rings. The lowest BCUT2D eigenvalue weighted by molar-refractivity contribution is -0.137. The zero-order valence-corrected chi connectivity index (χ0v) is 27.2. The van der Waals surface area contributed by atoms with Crippen molar-refractivity contribution in [3.05, 3.63) is 89.5 Å². The number of amides is 1. The smallest absolute Gasteiger partial charge is 0.416 e. The number of nitrogens with one attached hydrogen (secondary N) is 1. The Morgan fingerprint density at radius 2 is 1.85 bits per heavy atom. The van der Waals surface area contributed by atoms with Gasteiger partial charge in [-0.05, 0) is 74.4 Å². The second kappa shape index (κ2) is 15.4. The summed E-state index contributed by atoms with van der Waals surface area (Å²) in [6.07, 6.45) is 0.364. The van der Waals surface area contributed by atoms with E-state index in [0.717, 1.165) is 23.3 Å². The van der Waals surface area contributed by atoms with Crippen LogP contribution in [0.4, 0.5) is 13.2 Å². The van der Waals surface area contributed by atoms with Crippen molar-refractivity contribution in [2.24, 2.45) is 4.99 Å². The van der Waals surface area contributed by atoms with Gasteiger partial charge in [-0.15, -0.1) is 13.2 Å². The Morgan fingerprint density at radius 1 is 1.11 bits per heavy atom. The zero-order chi connectivity index (χ0) is 34.2. The molecule has 0 aliphatic carbocycles. The molecule has 1 N–H and O–H groups in total. The number of carbonyl (C=O) groups is 2. The van der Waals surface area contributed by atoms with Gasteiger partial charge in [0, 0.05) is 37.2 Å². The Bertz CT molecular complexity index is 1630. The van der Waals surface area contributed by atoms with Crippen molar-refractivity contribution >= 4 is 27.5 Å². The molecule has 9 nitrogen and oxygen atoms in total. The van der Waals surface area contributed by atoms with Crippen molar-refractivity contribution in [2.45, 2.75) is 57.2 Å². The van der Waals surface area contributed by atoms with Crippen LogP contribution < -0.4 is 10.1 Å². The molecule has 47 heavy (non-hydrogen) atoms. The van der Waals surface area contributed by atoms with Crippen molar-refractivity contribution in [2.75, 3.05) is 38.7 Å². The molecule has 2 aromatic carbocycles. The van der Waals surface area contributed by atoms with Crippen LogP contribution in [0.3, 0.4) is 0 Å². The molecule has 13 heteroatoms. The lowest BCUT2D eigenvalue weighted by atomic mass is 9.89. The number of halogens is 3. The highest BCUT2D eigenvalue weighted by Crippen LogP contribution is 2.36. The van der Waals surface area contributed by atoms with E-state index in [1.807, 2.05) is 6.92 Å². The van der Waals surface area contributed by atoms with E-state index in [1.54, 1.807) is 30.4 Å². The van der Waals surface area contributed by atoms with Gasteiger partial charge in [0.05, 0.1) is 24.5 Å². The Morgan fingerprint density at radius 3 is 2.51 bits per heavy atom. The third-order valence-corrected chi connectivity index (χ3v) is 10.1. The largest absolute Gasteiger partial charge is 0.493 e. The first-order chi connectivity index (χ1) is 22.3. The zero-order valence-electron chi connectivity index (χ0n) is 26.4. The van der Waals surface area contributed by atoms with E-state index in [4.69, 9.17) is 9.47 Å². The predicted octanol–water partition coefficient (Wildman–Crippen LogP) is 5.42. The minimum absolute atomic E-state index is 0.00981. The van der Waals surface area contributed by atoms with Gasteiger partial charge in [-0.25, -0.2) is 12.7 Å². The molecule has 0 unspecified atom stereocenters. The lowest BCUT2D eigenvalue weighted by Gasteiger charge is -2.34. The summed E-state index contributed by atoms with van der Waals surface area (Å²) in [4.78, 5) is 30.2. The summed E-state index contributed by atoms with van der Waals surface area (Å²) in [6, 6.07) is 8.45. The fraction of sp³-hybridized carbons (Fsp3) is 0.441. The minimum Gasteiger partial charge on any atom is -0.493 e. The number of sulfonamides is 1. The molecule has 1 saturated heterocycles. The molecule has 0 atom stereocenters. The van der Waals surface area contributed by atoms with Crippen LogP contribution >= 0.6 is 0 Å². The first kappa shape index (κ1) is 36.0. The van der Waals surface area contributed by atoms with Crippen LogP contribution in [-0.2, 0) is 32.2 Å². The second-order valence-corrected chi connectivity index (χ2v) is 13.7. The van der Waals surface area contributed by atoms with E-state index in [0.29, 0.717) is 38.0 Å². The Kier molecular flexibility index (Phi) is 11.8. The number of benzene rings is 2. The van der Waals surface area contributed by atoms with Crippen LogP contribution in [0, 0.1) is 6.92 Å². The van der Waals surface area contributed by atoms with Crippen molar-refractivity contribution in [3.63, 3.8) is 0 Å². The maximum Gasteiger partial charge on any atom is 0.416 e. The molecule has 2 heterocycles. The number of piperidine rings is 1. The van der Waals surface area contributed by atoms with E-state index in [2.05, 4.69) is 23.5 Å². The Hall–Kier alpha value is -3.81. The van der Waals surface area contributed by atoms with Crippen LogP contribution in [0.5, 0.6) is 5.75 Å². The second-order valence-electron chi connectivity index (χ2n) is 11.6. The first-order valence-electron chi connectivity index (χ1n) is 15.4. The quantitative estimate of drug-likeness (QED) is 0.145. The third-order valence-electron chi connectivity index (χ3n) is 8.24. The molecule has 0 radical (unpaired) electrons. The topological polar surface area (TPSA) is 114 Å². The summed E-state index contributed by atoms with van der Waals surface area (Å²) in [7, 11) is -3.70.